The Hall–Kier alpha value is -2.22. The summed E-state index contributed by atoms with van der Waals surface area (Å²) in [5.41, 5.74) is 5.51. The molecule has 2 aromatic heterocycles. The van der Waals surface area contributed by atoms with Gasteiger partial charge in [0, 0.05) is 13.6 Å². The van der Waals surface area contributed by atoms with Crippen LogP contribution in [0, 0.1) is 6.92 Å². The first-order valence-electron chi connectivity index (χ1n) is 7.39. The molecule has 124 valence electrons. The van der Waals surface area contributed by atoms with Gasteiger partial charge in [0.2, 0.25) is 5.91 Å². The molecule has 0 atom stereocenters. The maximum absolute atomic E-state index is 12.6. The molecule has 2 N–H and O–H groups in total. The quantitative estimate of drug-likeness (QED) is 0.854. The van der Waals surface area contributed by atoms with Crippen molar-refractivity contribution in [2.75, 3.05) is 13.6 Å². The lowest BCUT2D eigenvalue weighted by Crippen LogP contribution is -2.34. The third-order valence-corrected chi connectivity index (χ3v) is 4.93. The third-order valence-electron chi connectivity index (χ3n) is 3.72. The summed E-state index contributed by atoms with van der Waals surface area (Å²) in [6.45, 7) is 4.31. The molecule has 23 heavy (non-hydrogen) atoms. The van der Waals surface area contributed by atoms with E-state index in [9.17, 15) is 14.4 Å². The van der Waals surface area contributed by atoms with E-state index in [1.807, 2.05) is 0 Å². The zero-order valence-electron chi connectivity index (χ0n) is 13.5. The predicted molar refractivity (Wildman–Crippen MR) is 89.7 cm³/mol. The Morgan fingerprint density at radius 2 is 2.13 bits per heavy atom. The minimum Gasteiger partial charge on any atom is -0.365 e. The lowest BCUT2D eigenvalue weighted by atomic mass is 10.2. The summed E-state index contributed by atoms with van der Waals surface area (Å²) in [6.07, 6.45) is 3.26. The molecule has 0 spiro atoms. The number of nitrogens with two attached hydrogens (primary N) is 1. The molecule has 0 saturated heterocycles. The number of unbranched alkanes of at least 4 members (excludes halogenated alkanes) is 1. The van der Waals surface area contributed by atoms with Crippen molar-refractivity contribution >= 4 is 33.4 Å². The van der Waals surface area contributed by atoms with Crippen LogP contribution in [0.4, 0.5) is 0 Å². The highest BCUT2D eigenvalue weighted by molar-refractivity contribution is 7.20. The lowest BCUT2D eigenvalue weighted by molar-refractivity contribution is -0.130. The van der Waals surface area contributed by atoms with E-state index in [-0.39, 0.29) is 18.0 Å². The second kappa shape index (κ2) is 6.91. The summed E-state index contributed by atoms with van der Waals surface area (Å²) < 4.78 is 1.28. The van der Waals surface area contributed by atoms with Crippen LogP contribution in [0.5, 0.6) is 0 Å². The van der Waals surface area contributed by atoms with Crippen molar-refractivity contribution in [2.24, 2.45) is 5.73 Å². The lowest BCUT2D eigenvalue weighted by Gasteiger charge is -2.17. The number of primary amides is 1. The fourth-order valence-corrected chi connectivity index (χ4v) is 3.28. The van der Waals surface area contributed by atoms with Gasteiger partial charge in [-0.2, -0.15) is 0 Å². The monoisotopic (exact) mass is 336 g/mol. The number of carbonyl (C=O) groups is 2. The first kappa shape index (κ1) is 17.1. The van der Waals surface area contributed by atoms with Crippen molar-refractivity contribution in [1.29, 1.82) is 0 Å². The van der Waals surface area contributed by atoms with E-state index in [1.165, 1.54) is 10.9 Å². The largest absolute Gasteiger partial charge is 0.365 e. The molecular formula is C15H20N4O3S. The Morgan fingerprint density at radius 1 is 1.43 bits per heavy atom. The van der Waals surface area contributed by atoms with Gasteiger partial charge in [-0.25, -0.2) is 4.98 Å². The molecule has 0 fully saturated rings. The highest BCUT2D eigenvalue weighted by Crippen LogP contribution is 2.26. The molecule has 2 aromatic rings. The third kappa shape index (κ3) is 3.42. The molecule has 0 aliphatic carbocycles. The second-order valence-corrected chi connectivity index (χ2v) is 6.45. The van der Waals surface area contributed by atoms with Gasteiger partial charge in [-0.05, 0) is 18.9 Å². The highest BCUT2D eigenvalue weighted by atomic mass is 32.1. The van der Waals surface area contributed by atoms with Gasteiger partial charge in [0.25, 0.3) is 11.5 Å². The summed E-state index contributed by atoms with van der Waals surface area (Å²) >= 11 is 1.10. The molecule has 0 saturated carbocycles. The molecule has 0 unspecified atom stereocenters. The number of rotatable bonds is 6. The average Bonchev–Trinajstić information content (AvgIpc) is 2.85. The molecule has 0 bridgehead atoms. The zero-order valence-corrected chi connectivity index (χ0v) is 14.3. The van der Waals surface area contributed by atoms with Gasteiger partial charge in [-0.15, -0.1) is 11.3 Å². The number of fused-ring (bicyclic) bond motifs is 1. The van der Waals surface area contributed by atoms with Crippen LogP contribution in [0.15, 0.2) is 11.1 Å². The van der Waals surface area contributed by atoms with Crippen molar-refractivity contribution in [2.45, 2.75) is 33.2 Å². The van der Waals surface area contributed by atoms with Crippen LogP contribution in [0.1, 0.15) is 35.0 Å². The summed E-state index contributed by atoms with van der Waals surface area (Å²) in [7, 11) is 1.72. The number of likely N-dealkylation sites (N-methyl/N-ethyl adjacent to an activating group) is 1. The Labute approximate surface area is 137 Å². The zero-order chi connectivity index (χ0) is 17.1. The molecule has 2 heterocycles. The normalized spacial score (nSPS) is 10.9. The molecule has 0 aliphatic rings. The van der Waals surface area contributed by atoms with Crippen LogP contribution in [0.25, 0.3) is 10.2 Å². The highest BCUT2D eigenvalue weighted by Gasteiger charge is 2.18. The van der Waals surface area contributed by atoms with Crippen LogP contribution < -0.4 is 11.3 Å². The first-order valence-corrected chi connectivity index (χ1v) is 8.20. The molecule has 2 rings (SSSR count). The van der Waals surface area contributed by atoms with Gasteiger partial charge in [0.15, 0.2) is 0 Å². The van der Waals surface area contributed by atoms with Gasteiger partial charge >= 0.3 is 0 Å². The van der Waals surface area contributed by atoms with E-state index < -0.39 is 5.91 Å². The Morgan fingerprint density at radius 3 is 2.74 bits per heavy atom. The standard InChI is InChI=1S/C15H20N4O3S/c1-4-5-6-18(3)10(20)7-19-8-17-14-11(15(19)22)9(2)12(23-14)13(16)21/h8H,4-7H2,1-3H3,(H2,16,21). The summed E-state index contributed by atoms with van der Waals surface area (Å²) in [5.74, 6) is -0.725. The number of hydrogen-bond acceptors (Lipinski definition) is 5. The Kier molecular flexibility index (Phi) is 5.15. The van der Waals surface area contributed by atoms with Gasteiger partial charge in [0.05, 0.1) is 16.6 Å². The average molecular weight is 336 g/mol. The van der Waals surface area contributed by atoms with Crippen LogP contribution in [-0.2, 0) is 11.3 Å². The fraction of sp³-hybridized carbons (Fsp3) is 0.467. The maximum atomic E-state index is 12.6. The fourth-order valence-electron chi connectivity index (χ4n) is 2.29. The van der Waals surface area contributed by atoms with Crippen molar-refractivity contribution in [3.8, 4) is 0 Å². The molecular weight excluding hydrogens is 316 g/mol. The van der Waals surface area contributed by atoms with Crippen LogP contribution >= 0.6 is 11.3 Å². The second-order valence-electron chi connectivity index (χ2n) is 5.45. The van der Waals surface area contributed by atoms with Crippen molar-refractivity contribution in [1.82, 2.24) is 14.5 Å². The van der Waals surface area contributed by atoms with Gasteiger partial charge in [0.1, 0.15) is 11.4 Å². The molecule has 0 radical (unpaired) electrons. The Bertz CT molecular complexity index is 809. The minimum atomic E-state index is -0.577. The number of hydrogen-bond donors (Lipinski definition) is 1. The summed E-state index contributed by atoms with van der Waals surface area (Å²) in [4.78, 5) is 42.7. The SMILES string of the molecule is CCCCN(C)C(=O)Cn1cnc2sc(C(N)=O)c(C)c2c1=O. The molecule has 0 aliphatic heterocycles. The first-order chi connectivity index (χ1) is 10.9. The Balaban J connectivity index is 2.34. The number of thiophene rings is 1. The molecule has 7 nitrogen and oxygen atoms in total. The molecule has 0 aromatic carbocycles. The van der Waals surface area contributed by atoms with Gasteiger partial charge in [-0.1, -0.05) is 13.3 Å². The maximum Gasteiger partial charge on any atom is 0.262 e. The van der Waals surface area contributed by atoms with E-state index in [0.717, 1.165) is 24.2 Å². The number of aromatic nitrogens is 2. The summed E-state index contributed by atoms with van der Waals surface area (Å²) in [5, 5.41) is 0.357. The van der Waals surface area contributed by atoms with Crippen molar-refractivity contribution < 1.29 is 9.59 Å². The smallest absolute Gasteiger partial charge is 0.262 e. The topological polar surface area (TPSA) is 98.3 Å². The van der Waals surface area contributed by atoms with E-state index in [4.69, 9.17) is 5.73 Å². The van der Waals surface area contributed by atoms with Crippen LogP contribution in [-0.4, -0.2) is 39.9 Å². The van der Waals surface area contributed by atoms with Crippen molar-refractivity contribution in [3.05, 3.63) is 27.1 Å². The number of carbonyl (C=O) groups excluding carboxylic acids is 2. The summed E-state index contributed by atoms with van der Waals surface area (Å²) in [6, 6.07) is 0. The van der Waals surface area contributed by atoms with E-state index in [0.29, 0.717) is 27.2 Å². The van der Waals surface area contributed by atoms with Crippen LogP contribution in [0.3, 0.4) is 0 Å². The minimum absolute atomic E-state index is 0.0663. The van der Waals surface area contributed by atoms with E-state index in [1.54, 1.807) is 18.9 Å². The number of amides is 2. The van der Waals surface area contributed by atoms with Crippen molar-refractivity contribution in [3.63, 3.8) is 0 Å². The van der Waals surface area contributed by atoms with Gasteiger partial charge < -0.3 is 10.6 Å². The predicted octanol–water partition coefficient (Wildman–Crippen LogP) is 1.12. The molecule has 2 amide bonds. The van der Waals surface area contributed by atoms with Crippen LogP contribution in [0.2, 0.25) is 0 Å². The molecule has 8 heteroatoms. The number of aryl methyl sites for hydroxylation is 1. The van der Waals surface area contributed by atoms with E-state index in [2.05, 4.69) is 11.9 Å². The number of nitrogens with zero attached hydrogens (tertiary/aromatic N) is 3. The van der Waals surface area contributed by atoms with E-state index >= 15 is 0 Å². The van der Waals surface area contributed by atoms with Gasteiger partial charge in [-0.3, -0.25) is 19.0 Å².